The van der Waals surface area contributed by atoms with Gasteiger partial charge in [-0.25, -0.2) is 4.68 Å². The third-order valence-electron chi connectivity index (χ3n) is 3.16. The molecule has 2 aromatic rings. The van der Waals surface area contributed by atoms with Gasteiger partial charge < -0.3 is 0 Å². The maximum atomic E-state index is 12.2. The van der Waals surface area contributed by atoms with Crippen LogP contribution in [0.3, 0.4) is 0 Å². The number of rotatable bonds is 5. The van der Waals surface area contributed by atoms with Gasteiger partial charge in [-0.15, -0.1) is 0 Å². The van der Waals surface area contributed by atoms with Crippen LogP contribution in [0, 0.1) is 6.92 Å². The Balaban J connectivity index is 2.55. The summed E-state index contributed by atoms with van der Waals surface area (Å²) >= 11 is 5.43. The predicted molar refractivity (Wildman–Crippen MR) is 83.5 cm³/mol. The van der Waals surface area contributed by atoms with Crippen molar-refractivity contribution < 1.29 is 4.79 Å². The summed E-state index contributed by atoms with van der Waals surface area (Å²) in [5.41, 5.74) is 2.87. The van der Waals surface area contributed by atoms with E-state index in [2.05, 4.69) is 5.10 Å². The lowest BCUT2D eigenvalue weighted by Crippen LogP contribution is -2.27. The first-order valence-electron chi connectivity index (χ1n) is 6.87. The Labute approximate surface area is 128 Å². The first-order valence-corrected chi connectivity index (χ1v) is 7.25. The van der Waals surface area contributed by atoms with Gasteiger partial charge in [0.15, 0.2) is 0 Å². The SMILES string of the molecule is CCCn1nc(-c2ccc(C)cc2)cc(CC(=O)Cl)c1=O. The van der Waals surface area contributed by atoms with Crippen molar-refractivity contribution in [1.29, 1.82) is 0 Å². The second-order valence-electron chi connectivity index (χ2n) is 4.98. The van der Waals surface area contributed by atoms with Crippen molar-refractivity contribution in [2.24, 2.45) is 0 Å². The van der Waals surface area contributed by atoms with Crippen LogP contribution in [0.2, 0.25) is 0 Å². The van der Waals surface area contributed by atoms with Gasteiger partial charge >= 0.3 is 0 Å². The highest BCUT2D eigenvalue weighted by Gasteiger charge is 2.12. The van der Waals surface area contributed by atoms with E-state index in [1.165, 1.54) is 4.68 Å². The Hall–Kier alpha value is -1.94. The summed E-state index contributed by atoms with van der Waals surface area (Å²) in [4.78, 5) is 23.3. The normalized spacial score (nSPS) is 10.6. The zero-order valence-corrected chi connectivity index (χ0v) is 12.9. The summed E-state index contributed by atoms with van der Waals surface area (Å²) in [6, 6.07) is 9.52. The summed E-state index contributed by atoms with van der Waals surface area (Å²) in [5.74, 6) is 0. The molecular formula is C16H17ClN2O2. The number of carbonyl (C=O) groups excluding carboxylic acids is 1. The van der Waals surface area contributed by atoms with E-state index < -0.39 is 5.24 Å². The molecule has 21 heavy (non-hydrogen) atoms. The molecule has 0 unspecified atom stereocenters. The molecule has 110 valence electrons. The molecular weight excluding hydrogens is 288 g/mol. The molecule has 0 aliphatic carbocycles. The molecule has 0 bridgehead atoms. The maximum Gasteiger partial charge on any atom is 0.270 e. The van der Waals surface area contributed by atoms with Gasteiger partial charge in [0.25, 0.3) is 5.56 Å². The number of aryl methyl sites for hydroxylation is 2. The molecule has 0 N–H and O–H groups in total. The van der Waals surface area contributed by atoms with Gasteiger partial charge in [-0.1, -0.05) is 36.8 Å². The van der Waals surface area contributed by atoms with Crippen LogP contribution in [0.25, 0.3) is 11.3 Å². The van der Waals surface area contributed by atoms with Crippen LogP contribution in [0.1, 0.15) is 24.5 Å². The van der Waals surface area contributed by atoms with Gasteiger partial charge in [0, 0.05) is 17.7 Å². The first kappa shape index (κ1) is 15.4. The predicted octanol–water partition coefficient (Wildman–Crippen LogP) is 2.94. The van der Waals surface area contributed by atoms with Crippen molar-refractivity contribution in [3.05, 3.63) is 51.8 Å². The summed E-state index contributed by atoms with van der Waals surface area (Å²) in [5, 5.41) is 3.83. The monoisotopic (exact) mass is 304 g/mol. The number of aromatic nitrogens is 2. The maximum absolute atomic E-state index is 12.2. The average Bonchev–Trinajstić information content (AvgIpc) is 2.43. The minimum absolute atomic E-state index is 0.0779. The quantitative estimate of drug-likeness (QED) is 0.798. The van der Waals surface area contributed by atoms with Crippen LogP contribution in [0.5, 0.6) is 0 Å². The molecule has 1 heterocycles. The second-order valence-corrected chi connectivity index (χ2v) is 5.40. The molecule has 0 aliphatic rings. The Morgan fingerprint density at radius 3 is 2.52 bits per heavy atom. The molecule has 0 amide bonds. The lowest BCUT2D eigenvalue weighted by Gasteiger charge is -2.09. The fourth-order valence-corrected chi connectivity index (χ4v) is 2.25. The third kappa shape index (κ3) is 3.79. The van der Waals surface area contributed by atoms with Crippen molar-refractivity contribution in [2.45, 2.75) is 33.2 Å². The fourth-order valence-electron chi connectivity index (χ4n) is 2.10. The van der Waals surface area contributed by atoms with Crippen LogP contribution in [-0.2, 0) is 17.8 Å². The zero-order valence-electron chi connectivity index (χ0n) is 12.1. The van der Waals surface area contributed by atoms with Gasteiger partial charge in [-0.3, -0.25) is 9.59 Å². The Morgan fingerprint density at radius 2 is 1.95 bits per heavy atom. The van der Waals surface area contributed by atoms with Crippen molar-refractivity contribution >= 4 is 16.8 Å². The highest BCUT2D eigenvalue weighted by Crippen LogP contribution is 2.17. The zero-order chi connectivity index (χ0) is 15.4. The van der Waals surface area contributed by atoms with Crippen molar-refractivity contribution in [3.63, 3.8) is 0 Å². The molecule has 0 radical (unpaired) electrons. The summed E-state index contributed by atoms with van der Waals surface area (Å²) in [7, 11) is 0. The standard InChI is InChI=1S/C16H17ClN2O2/c1-3-8-19-16(21)13(10-15(17)20)9-14(18-19)12-6-4-11(2)5-7-12/h4-7,9H,3,8,10H2,1-2H3. The molecule has 0 atom stereocenters. The lowest BCUT2D eigenvalue weighted by atomic mass is 10.1. The summed E-state index contributed by atoms with van der Waals surface area (Å²) in [6.07, 6.45) is 0.712. The van der Waals surface area contributed by atoms with E-state index in [0.29, 0.717) is 17.8 Å². The largest absolute Gasteiger partial charge is 0.281 e. The Morgan fingerprint density at radius 1 is 1.29 bits per heavy atom. The fraction of sp³-hybridized carbons (Fsp3) is 0.312. The van der Waals surface area contributed by atoms with Crippen molar-refractivity contribution in [3.8, 4) is 11.3 Å². The minimum atomic E-state index is -0.545. The van der Waals surface area contributed by atoms with E-state index in [-0.39, 0.29) is 12.0 Å². The van der Waals surface area contributed by atoms with Gasteiger partial charge in [0.1, 0.15) is 0 Å². The number of hydrogen-bond acceptors (Lipinski definition) is 3. The number of nitrogens with zero attached hydrogens (tertiary/aromatic N) is 2. The van der Waals surface area contributed by atoms with Crippen LogP contribution in [0.15, 0.2) is 35.1 Å². The van der Waals surface area contributed by atoms with E-state index in [9.17, 15) is 9.59 Å². The molecule has 0 fully saturated rings. The van der Waals surface area contributed by atoms with E-state index in [4.69, 9.17) is 11.6 Å². The van der Waals surface area contributed by atoms with Crippen molar-refractivity contribution in [2.75, 3.05) is 0 Å². The van der Waals surface area contributed by atoms with Gasteiger partial charge in [-0.2, -0.15) is 5.10 Å². The first-order chi connectivity index (χ1) is 10.0. The van der Waals surface area contributed by atoms with Crippen LogP contribution < -0.4 is 5.56 Å². The van der Waals surface area contributed by atoms with E-state index in [1.807, 2.05) is 38.1 Å². The Bertz CT molecular complexity index is 705. The van der Waals surface area contributed by atoms with Crippen molar-refractivity contribution in [1.82, 2.24) is 9.78 Å². The molecule has 0 saturated heterocycles. The second kappa shape index (κ2) is 6.68. The third-order valence-corrected chi connectivity index (χ3v) is 3.29. The Kier molecular flexibility index (Phi) is 4.91. The number of carbonyl (C=O) groups is 1. The molecule has 1 aromatic carbocycles. The summed E-state index contributed by atoms with van der Waals surface area (Å²) < 4.78 is 1.41. The topological polar surface area (TPSA) is 52.0 Å². The molecule has 4 nitrogen and oxygen atoms in total. The number of halogens is 1. The van der Waals surface area contributed by atoms with E-state index in [0.717, 1.165) is 17.5 Å². The molecule has 5 heteroatoms. The minimum Gasteiger partial charge on any atom is -0.281 e. The van der Waals surface area contributed by atoms with Crippen LogP contribution in [-0.4, -0.2) is 15.0 Å². The molecule has 0 saturated carbocycles. The molecule has 0 aliphatic heterocycles. The smallest absolute Gasteiger partial charge is 0.270 e. The molecule has 2 rings (SSSR count). The molecule has 1 aromatic heterocycles. The van der Waals surface area contributed by atoms with Gasteiger partial charge in [0.2, 0.25) is 5.24 Å². The van der Waals surface area contributed by atoms with E-state index >= 15 is 0 Å². The number of benzene rings is 1. The summed E-state index contributed by atoms with van der Waals surface area (Å²) in [6.45, 7) is 4.49. The van der Waals surface area contributed by atoms with E-state index in [1.54, 1.807) is 6.07 Å². The van der Waals surface area contributed by atoms with Crippen LogP contribution >= 0.6 is 11.6 Å². The number of hydrogen-bond donors (Lipinski definition) is 0. The highest BCUT2D eigenvalue weighted by molar-refractivity contribution is 6.63. The highest BCUT2D eigenvalue weighted by atomic mass is 35.5. The molecule has 0 spiro atoms. The lowest BCUT2D eigenvalue weighted by molar-refractivity contribution is -0.111. The van der Waals surface area contributed by atoms with Gasteiger partial charge in [0.05, 0.1) is 12.1 Å². The average molecular weight is 305 g/mol. The van der Waals surface area contributed by atoms with Crippen LogP contribution in [0.4, 0.5) is 0 Å². The van der Waals surface area contributed by atoms with Gasteiger partial charge in [-0.05, 0) is 31.0 Å².